The van der Waals surface area contributed by atoms with Crippen molar-refractivity contribution >= 4 is 0 Å². The SMILES string of the molecule is Cc1ccc([C@@H](C[NH3+])[NH+]2CCCCC2)cc1. The summed E-state index contributed by atoms with van der Waals surface area (Å²) in [5, 5.41) is 0. The molecule has 2 rings (SSSR count). The fourth-order valence-corrected chi connectivity index (χ4v) is 2.76. The van der Waals surface area contributed by atoms with Crippen molar-refractivity contribution in [3.05, 3.63) is 35.4 Å². The van der Waals surface area contributed by atoms with Gasteiger partial charge in [-0.3, -0.25) is 0 Å². The van der Waals surface area contributed by atoms with Gasteiger partial charge >= 0.3 is 0 Å². The lowest BCUT2D eigenvalue weighted by Gasteiger charge is -2.30. The average Bonchev–Trinajstić information content (AvgIpc) is 2.34. The van der Waals surface area contributed by atoms with Gasteiger partial charge in [0.25, 0.3) is 0 Å². The summed E-state index contributed by atoms with van der Waals surface area (Å²) in [4.78, 5) is 1.74. The summed E-state index contributed by atoms with van der Waals surface area (Å²) in [6.07, 6.45) is 4.19. The number of piperidine rings is 1. The second-order valence-electron chi connectivity index (χ2n) is 4.97. The van der Waals surface area contributed by atoms with Crippen molar-refractivity contribution in [3.63, 3.8) is 0 Å². The lowest BCUT2D eigenvalue weighted by atomic mass is 10.0. The van der Waals surface area contributed by atoms with E-state index in [2.05, 4.69) is 36.9 Å². The standard InChI is InChI=1S/C14H22N2/c1-12-5-7-13(8-6-12)14(11-15)16-9-3-2-4-10-16/h5-8,14H,2-4,9-11,15H2,1H3/p+2/t14-/m1/s1. The molecule has 0 aromatic heterocycles. The molecule has 1 heterocycles. The van der Waals surface area contributed by atoms with E-state index >= 15 is 0 Å². The lowest BCUT2D eigenvalue weighted by Crippen LogP contribution is -3.14. The predicted molar refractivity (Wildman–Crippen MR) is 66.2 cm³/mol. The number of benzene rings is 1. The quantitative estimate of drug-likeness (QED) is 0.737. The van der Waals surface area contributed by atoms with Crippen molar-refractivity contribution in [1.29, 1.82) is 0 Å². The summed E-state index contributed by atoms with van der Waals surface area (Å²) in [7, 11) is 0. The van der Waals surface area contributed by atoms with Crippen molar-refractivity contribution in [2.24, 2.45) is 0 Å². The minimum absolute atomic E-state index is 0.612. The van der Waals surface area contributed by atoms with Crippen LogP contribution >= 0.6 is 0 Å². The van der Waals surface area contributed by atoms with Gasteiger partial charge in [-0.25, -0.2) is 0 Å². The van der Waals surface area contributed by atoms with Crippen molar-refractivity contribution < 1.29 is 10.6 Å². The van der Waals surface area contributed by atoms with Gasteiger partial charge in [-0.1, -0.05) is 29.8 Å². The second-order valence-corrected chi connectivity index (χ2v) is 4.97. The van der Waals surface area contributed by atoms with Crippen molar-refractivity contribution in [3.8, 4) is 0 Å². The molecule has 0 radical (unpaired) electrons. The van der Waals surface area contributed by atoms with Crippen LogP contribution in [0.2, 0.25) is 0 Å². The summed E-state index contributed by atoms with van der Waals surface area (Å²) in [6.45, 7) is 5.82. The first-order chi connectivity index (χ1) is 7.81. The maximum absolute atomic E-state index is 4.14. The van der Waals surface area contributed by atoms with E-state index in [-0.39, 0.29) is 0 Å². The van der Waals surface area contributed by atoms with E-state index in [0.717, 1.165) is 6.54 Å². The van der Waals surface area contributed by atoms with Crippen LogP contribution in [0.3, 0.4) is 0 Å². The van der Waals surface area contributed by atoms with Crippen LogP contribution in [0.15, 0.2) is 24.3 Å². The van der Waals surface area contributed by atoms with Gasteiger partial charge in [0.15, 0.2) is 6.04 Å². The molecule has 1 aromatic rings. The van der Waals surface area contributed by atoms with E-state index in [4.69, 9.17) is 0 Å². The molecular weight excluding hydrogens is 196 g/mol. The number of nitrogens with one attached hydrogen (secondary N) is 1. The third-order valence-electron chi connectivity index (χ3n) is 3.76. The highest BCUT2D eigenvalue weighted by Gasteiger charge is 2.25. The van der Waals surface area contributed by atoms with Gasteiger partial charge in [0, 0.05) is 5.56 Å². The number of quaternary nitrogens is 2. The van der Waals surface area contributed by atoms with Crippen LogP contribution in [0.5, 0.6) is 0 Å². The van der Waals surface area contributed by atoms with E-state index in [1.54, 1.807) is 4.90 Å². The van der Waals surface area contributed by atoms with Crippen molar-refractivity contribution in [1.82, 2.24) is 0 Å². The fraction of sp³-hybridized carbons (Fsp3) is 0.571. The Hall–Kier alpha value is -0.860. The molecule has 1 fully saturated rings. The highest BCUT2D eigenvalue weighted by molar-refractivity contribution is 5.22. The van der Waals surface area contributed by atoms with Gasteiger partial charge in [0.1, 0.15) is 6.54 Å². The van der Waals surface area contributed by atoms with E-state index in [9.17, 15) is 0 Å². The first kappa shape index (κ1) is 11.6. The lowest BCUT2D eigenvalue weighted by molar-refractivity contribution is -0.942. The fourth-order valence-electron chi connectivity index (χ4n) is 2.76. The monoisotopic (exact) mass is 220 g/mol. The molecule has 0 saturated carbocycles. The molecule has 0 aliphatic carbocycles. The van der Waals surface area contributed by atoms with Gasteiger partial charge in [0.05, 0.1) is 13.1 Å². The first-order valence-corrected chi connectivity index (χ1v) is 6.51. The molecule has 0 amide bonds. The largest absolute Gasteiger partial charge is 0.352 e. The molecule has 16 heavy (non-hydrogen) atoms. The molecular formula is C14H24N2+2. The average molecular weight is 220 g/mol. The molecule has 1 atom stereocenters. The Balaban J connectivity index is 2.11. The second kappa shape index (κ2) is 5.46. The van der Waals surface area contributed by atoms with E-state index < -0.39 is 0 Å². The summed E-state index contributed by atoms with van der Waals surface area (Å²) < 4.78 is 0. The van der Waals surface area contributed by atoms with Gasteiger partial charge in [-0.15, -0.1) is 0 Å². The Morgan fingerprint density at radius 3 is 2.31 bits per heavy atom. The minimum Gasteiger partial charge on any atom is -0.352 e. The van der Waals surface area contributed by atoms with Crippen LogP contribution in [-0.4, -0.2) is 19.6 Å². The van der Waals surface area contributed by atoms with Gasteiger partial charge in [-0.05, 0) is 26.2 Å². The third-order valence-corrected chi connectivity index (χ3v) is 3.76. The number of likely N-dealkylation sites (tertiary alicyclic amines) is 1. The summed E-state index contributed by atoms with van der Waals surface area (Å²) in [6, 6.07) is 9.63. The molecule has 2 nitrogen and oxygen atoms in total. The van der Waals surface area contributed by atoms with Crippen LogP contribution in [0.4, 0.5) is 0 Å². The molecule has 0 unspecified atom stereocenters. The zero-order valence-electron chi connectivity index (χ0n) is 10.3. The molecule has 1 aliphatic heterocycles. The summed E-state index contributed by atoms with van der Waals surface area (Å²) in [5.74, 6) is 0. The molecule has 1 aliphatic rings. The van der Waals surface area contributed by atoms with Gasteiger partial charge in [-0.2, -0.15) is 0 Å². The molecule has 1 aromatic carbocycles. The topological polar surface area (TPSA) is 32.1 Å². The van der Waals surface area contributed by atoms with E-state index in [0.29, 0.717) is 6.04 Å². The smallest absolute Gasteiger partial charge is 0.162 e. The molecule has 0 bridgehead atoms. The first-order valence-electron chi connectivity index (χ1n) is 6.51. The van der Waals surface area contributed by atoms with Crippen LogP contribution in [-0.2, 0) is 0 Å². The van der Waals surface area contributed by atoms with Crippen molar-refractivity contribution in [2.75, 3.05) is 19.6 Å². The number of hydrogen-bond acceptors (Lipinski definition) is 0. The Labute approximate surface area is 98.4 Å². The molecule has 0 spiro atoms. The Kier molecular flexibility index (Phi) is 3.97. The molecule has 2 heteroatoms. The number of aryl methyl sites for hydroxylation is 1. The Morgan fingerprint density at radius 1 is 1.12 bits per heavy atom. The molecule has 1 saturated heterocycles. The van der Waals surface area contributed by atoms with Crippen LogP contribution in [0.25, 0.3) is 0 Å². The van der Waals surface area contributed by atoms with Crippen LogP contribution in [0, 0.1) is 6.92 Å². The number of rotatable bonds is 3. The third kappa shape index (κ3) is 2.63. The van der Waals surface area contributed by atoms with E-state index in [1.807, 2.05) is 0 Å². The summed E-state index contributed by atoms with van der Waals surface area (Å²) in [5.41, 5.74) is 6.96. The maximum Gasteiger partial charge on any atom is 0.162 e. The molecule has 88 valence electrons. The van der Waals surface area contributed by atoms with Crippen LogP contribution < -0.4 is 10.6 Å². The van der Waals surface area contributed by atoms with E-state index in [1.165, 1.54) is 43.5 Å². The molecule has 4 N–H and O–H groups in total. The van der Waals surface area contributed by atoms with Crippen LogP contribution in [0.1, 0.15) is 36.4 Å². The predicted octanol–water partition coefficient (Wildman–Crippen LogP) is 0.347. The minimum atomic E-state index is 0.612. The maximum atomic E-state index is 4.14. The Morgan fingerprint density at radius 2 is 1.75 bits per heavy atom. The zero-order valence-corrected chi connectivity index (χ0v) is 10.3. The number of hydrogen-bond donors (Lipinski definition) is 2. The van der Waals surface area contributed by atoms with Gasteiger partial charge in [0.2, 0.25) is 0 Å². The summed E-state index contributed by atoms with van der Waals surface area (Å²) >= 11 is 0. The van der Waals surface area contributed by atoms with Crippen molar-refractivity contribution in [2.45, 2.75) is 32.2 Å². The highest BCUT2D eigenvalue weighted by atomic mass is 15.2. The highest BCUT2D eigenvalue weighted by Crippen LogP contribution is 2.11. The normalized spacial score (nSPS) is 19.6. The zero-order chi connectivity index (χ0) is 11.4. The Bertz CT molecular complexity index is 312. The van der Waals surface area contributed by atoms with Gasteiger partial charge < -0.3 is 10.6 Å².